The summed E-state index contributed by atoms with van der Waals surface area (Å²) in [6, 6.07) is 3.67. The molecule has 3 nitrogen and oxygen atoms in total. The van der Waals surface area contributed by atoms with Crippen LogP contribution in [0, 0.1) is 5.92 Å². The van der Waals surface area contributed by atoms with Crippen LogP contribution in [-0.4, -0.2) is 16.1 Å². The number of aliphatic carboxylic acids is 1. The molecule has 1 aliphatic carbocycles. The van der Waals surface area contributed by atoms with Crippen molar-refractivity contribution in [1.82, 2.24) is 4.98 Å². The number of rotatable bonds is 4. The lowest BCUT2D eigenvalue weighted by Crippen LogP contribution is -2.15. The van der Waals surface area contributed by atoms with Crippen LogP contribution < -0.4 is 0 Å². The van der Waals surface area contributed by atoms with Gasteiger partial charge in [0.1, 0.15) is 0 Å². The fourth-order valence-corrected chi connectivity index (χ4v) is 2.54. The van der Waals surface area contributed by atoms with Crippen molar-refractivity contribution < 1.29 is 9.90 Å². The molecule has 0 spiro atoms. The lowest BCUT2D eigenvalue weighted by molar-refractivity contribution is -0.139. The first kappa shape index (κ1) is 11.1. The zero-order valence-corrected chi connectivity index (χ0v) is 9.30. The first-order valence-electron chi connectivity index (χ1n) is 5.90. The maximum absolute atomic E-state index is 11.3. The Bertz CT molecular complexity index is 344. The van der Waals surface area contributed by atoms with E-state index in [-0.39, 0.29) is 5.92 Å². The smallest absolute Gasteiger partial charge is 0.311 e. The molecule has 1 heterocycles. The Kier molecular flexibility index (Phi) is 3.54. The minimum Gasteiger partial charge on any atom is -0.481 e. The van der Waals surface area contributed by atoms with Gasteiger partial charge in [0.15, 0.2) is 0 Å². The highest BCUT2D eigenvalue weighted by molar-refractivity contribution is 5.75. The van der Waals surface area contributed by atoms with E-state index in [0.29, 0.717) is 5.92 Å². The molecule has 1 aromatic rings. The molecule has 1 unspecified atom stereocenters. The maximum atomic E-state index is 11.3. The molecule has 0 saturated heterocycles. The van der Waals surface area contributed by atoms with Crippen molar-refractivity contribution >= 4 is 5.97 Å². The molecular weight excluding hydrogens is 202 g/mol. The maximum Gasteiger partial charge on any atom is 0.311 e. The molecular formula is C13H17NO2. The minimum absolute atomic E-state index is 0.378. The second-order valence-electron chi connectivity index (χ2n) is 4.56. The number of carboxylic acid groups (broad SMARTS) is 1. The van der Waals surface area contributed by atoms with E-state index in [4.69, 9.17) is 0 Å². The van der Waals surface area contributed by atoms with Gasteiger partial charge in [0, 0.05) is 12.4 Å². The third kappa shape index (κ3) is 2.60. The Labute approximate surface area is 95.5 Å². The average Bonchev–Trinajstić information content (AvgIpc) is 2.79. The van der Waals surface area contributed by atoms with E-state index in [1.165, 1.54) is 25.7 Å². The summed E-state index contributed by atoms with van der Waals surface area (Å²) in [6.45, 7) is 0. The zero-order valence-electron chi connectivity index (χ0n) is 9.30. The fourth-order valence-electron chi connectivity index (χ4n) is 2.54. The van der Waals surface area contributed by atoms with Crippen molar-refractivity contribution in [1.29, 1.82) is 0 Å². The van der Waals surface area contributed by atoms with Crippen molar-refractivity contribution in [2.24, 2.45) is 5.92 Å². The Balaban J connectivity index is 2.08. The second-order valence-corrected chi connectivity index (χ2v) is 4.56. The van der Waals surface area contributed by atoms with Gasteiger partial charge in [0.25, 0.3) is 0 Å². The van der Waals surface area contributed by atoms with E-state index in [1.54, 1.807) is 18.5 Å². The molecule has 2 rings (SSSR count). The van der Waals surface area contributed by atoms with Crippen molar-refractivity contribution in [3.8, 4) is 0 Å². The first-order chi connectivity index (χ1) is 7.77. The largest absolute Gasteiger partial charge is 0.481 e. The standard InChI is InChI=1S/C13H17NO2/c15-13(16)12(8-10-4-1-2-5-10)11-6-3-7-14-9-11/h3,6-7,9-10,12H,1-2,4-5,8H2,(H,15,16). The predicted octanol–water partition coefficient (Wildman–Crippen LogP) is 2.83. The molecule has 0 aliphatic heterocycles. The highest BCUT2D eigenvalue weighted by Gasteiger charge is 2.26. The van der Waals surface area contributed by atoms with E-state index in [1.807, 2.05) is 6.07 Å². The third-order valence-electron chi connectivity index (χ3n) is 3.43. The van der Waals surface area contributed by atoms with Crippen LogP contribution in [0.4, 0.5) is 0 Å². The van der Waals surface area contributed by atoms with Crippen molar-refractivity contribution in [3.63, 3.8) is 0 Å². The summed E-state index contributed by atoms with van der Waals surface area (Å²) < 4.78 is 0. The second kappa shape index (κ2) is 5.10. The van der Waals surface area contributed by atoms with Crippen LogP contribution in [-0.2, 0) is 4.79 Å². The summed E-state index contributed by atoms with van der Waals surface area (Å²) in [6.07, 6.45) is 8.99. The molecule has 1 atom stereocenters. The van der Waals surface area contributed by atoms with E-state index in [9.17, 15) is 9.90 Å². The number of nitrogens with zero attached hydrogens (tertiary/aromatic N) is 1. The van der Waals surface area contributed by atoms with Crippen LogP contribution in [0.5, 0.6) is 0 Å². The fraction of sp³-hybridized carbons (Fsp3) is 0.538. The topological polar surface area (TPSA) is 50.2 Å². The number of carbonyl (C=O) groups is 1. The lowest BCUT2D eigenvalue weighted by atomic mass is 9.89. The van der Waals surface area contributed by atoms with Crippen molar-refractivity contribution in [3.05, 3.63) is 30.1 Å². The zero-order chi connectivity index (χ0) is 11.4. The van der Waals surface area contributed by atoms with E-state index in [0.717, 1.165) is 12.0 Å². The number of hydrogen-bond acceptors (Lipinski definition) is 2. The summed E-state index contributed by atoms with van der Waals surface area (Å²) in [4.78, 5) is 15.3. The minimum atomic E-state index is -0.722. The van der Waals surface area contributed by atoms with Gasteiger partial charge >= 0.3 is 5.97 Å². The SMILES string of the molecule is O=C(O)C(CC1CCCC1)c1cccnc1. The molecule has 16 heavy (non-hydrogen) atoms. The Hall–Kier alpha value is -1.38. The monoisotopic (exact) mass is 219 g/mol. The highest BCUT2D eigenvalue weighted by Crippen LogP contribution is 2.33. The van der Waals surface area contributed by atoms with Gasteiger partial charge in [-0.2, -0.15) is 0 Å². The number of aromatic nitrogens is 1. The molecule has 0 amide bonds. The van der Waals surface area contributed by atoms with Crippen LogP contribution >= 0.6 is 0 Å². The van der Waals surface area contributed by atoms with Gasteiger partial charge in [-0.25, -0.2) is 0 Å². The van der Waals surface area contributed by atoms with Gasteiger partial charge in [-0.15, -0.1) is 0 Å². The lowest BCUT2D eigenvalue weighted by Gasteiger charge is -2.16. The molecule has 1 fully saturated rings. The van der Waals surface area contributed by atoms with E-state index < -0.39 is 5.97 Å². The van der Waals surface area contributed by atoms with Crippen LogP contribution in [0.2, 0.25) is 0 Å². The van der Waals surface area contributed by atoms with E-state index >= 15 is 0 Å². The number of carboxylic acids is 1. The summed E-state index contributed by atoms with van der Waals surface area (Å²) in [7, 11) is 0. The Morgan fingerprint density at radius 2 is 2.25 bits per heavy atom. The highest BCUT2D eigenvalue weighted by atomic mass is 16.4. The molecule has 1 aliphatic rings. The van der Waals surface area contributed by atoms with Gasteiger partial charge in [-0.1, -0.05) is 31.7 Å². The van der Waals surface area contributed by atoms with Crippen molar-refractivity contribution in [2.45, 2.75) is 38.0 Å². The van der Waals surface area contributed by atoms with Gasteiger partial charge in [0.05, 0.1) is 5.92 Å². The Morgan fingerprint density at radius 1 is 1.50 bits per heavy atom. The van der Waals surface area contributed by atoms with Gasteiger partial charge < -0.3 is 5.11 Å². The molecule has 1 saturated carbocycles. The molecule has 3 heteroatoms. The van der Waals surface area contributed by atoms with Crippen LogP contribution in [0.15, 0.2) is 24.5 Å². The van der Waals surface area contributed by atoms with Crippen LogP contribution in [0.3, 0.4) is 0 Å². The first-order valence-corrected chi connectivity index (χ1v) is 5.90. The third-order valence-corrected chi connectivity index (χ3v) is 3.43. The van der Waals surface area contributed by atoms with Gasteiger partial charge in [0.2, 0.25) is 0 Å². The average molecular weight is 219 g/mol. The Morgan fingerprint density at radius 3 is 2.81 bits per heavy atom. The normalized spacial score (nSPS) is 18.5. The molecule has 0 bridgehead atoms. The summed E-state index contributed by atoms with van der Waals surface area (Å²) in [5.41, 5.74) is 0.835. The summed E-state index contributed by atoms with van der Waals surface area (Å²) >= 11 is 0. The number of pyridine rings is 1. The molecule has 86 valence electrons. The van der Waals surface area contributed by atoms with E-state index in [2.05, 4.69) is 4.98 Å². The van der Waals surface area contributed by atoms with Gasteiger partial charge in [-0.3, -0.25) is 9.78 Å². The molecule has 0 aromatic carbocycles. The van der Waals surface area contributed by atoms with Crippen molar-refractivity contribution in [2.75, 3.05) is 0 Å². The van der Waals surface area contributed by atoms with Crippen LogP contribution in [0.25, 0.3) is 0 Å². The molecule has 0 radical (unpaired) electrons. The molecule has 1 N–H and O–H groups in total. The summed E-state index contributed by atoms with van der Waals surface area (Å²) in [5.74, 6) is -0.516. The predicted molar refractivity (Wildman–Crippen MR) is 61.2 cm³/mol. The van der Waals surface area contributed by atoms with Gasteiger partial charge in [-0.05, 0) is 24.0 Å². The quantitative estimate of drug-likeness (QED) is 0.847. The number of hydrogen-bond donors (Lipinski definition) is 1. The summed E-state index contributed by atoms with van der Waals surface area (Å²) in [5, 5.41) is 9.26. The van der Waals surface area contributed by atoms with Crippen LogP contribution in [0.1, 0.15) is 43.6 Å². The molecule has 1 aromatic heterocycles.